The molecule has 4 nitrogen and oxygen atoms in total. The zero-order valence-corrected chi connectivity index (χ0v) is 11.5. The van der Waals surface area contributed by atoms with Crippen LogP contribution in [0, 0.1) is 0 Å². The van der Waals surface area contributed by atoms with Crippen molar-refractivity contribution >= 4 is 11.6 Å². The number of piperazine rings is 1. The lowest BCUT2D eigenvalue weighted by molar-refractivity contribution is 0.180. The van der Waals surface area contributed by atoms with Gasteiger partial charge < -0.3 is 15.2 Å². The smallest absolute Gasteiger partial charge is 0.142 e. The van der Waals surface area contributed by atoms with Gasteiger partial charge in [-0.25, -0.2) is 0 Å². The monoisotopic (exact) mass is 270 g/mol. The van der Waals surface area contributed by atoms with Gasteiger partial charge in [0, 0.05) is 32.2 Å². The lowest BCUT2D eigenvalue weighted by atomic mass is 10.0. The first-order valence-corrected chi connectivity index (χ1v) is 6.53. The van der Waals surface area contributed by atoms with Crippen LogP contribution in [0.5, 0.6) is 11.5 Å². The fraction of sp³-hybridized carbons (Fsp3) is 0.538. The normalized spacial score (nSPS) is 18.6. The second kappa shape index (κ2) is 5.78. The van der Waals surface area contributed by atoms with E-state index in [1.54, 1.807) is 19.2 Å². The first kappa shape index (κ1) is 13.5. The number of phenols is 1. The number of phenolic OH excluding ortho intramolecular Hbond substituents is 1. The molecular weight excluding hydrogens is 252 g/mol. The van der Waals surface area contributed by atoms with E-state index in [-0.39, 0.29) is 11.8 Å². The van der Waals surface area contributed by atoms with Gasteiger partial charge in [0.2, 0.25) is 0 Å². The number of benzene rings is 1. The van der Waals surface area contributed by atoms with E-state index < -0.39 is 0 Å². The van der Waals surface area contributed by atoms with E-state index in [2.05, 4.69) is 17.1 Å². The molecule has 1 aliphatic heterocycles. The Labute approximate surface area is 113 Å². The highest BCUT2D eigenvalue weighted by molar-refractivity contribution is 6.32. The minimum Gasteiger partial charge on any atom is -0.506 e. The number of hydrogen-bond donors (Lipinski definition) is 2. The summed E-state index contributed by atoms with van der Waals surface area (Å²) < 4.78 is 5.33. The van der Waals surface area contributed by atoms with Crippen LogP contribution >= 0.6 is 11.6 Å². The Morgan fingerprint density at radius 1 is 1.39 bits per heavy atom. The topological polar surface area (TPSA) is 44.7 Å². The molecule has 1 aliphatic rings. The number of nitrogens with one attached hydrogen (secondary N) is 1. The minimum absolute atomic E-state index is 0.0840. The largest absolute Gasteiger partial charge is 0.506 e. The molecule has 100 valence electrons. The summed E-state index contributed by atoms with van der Waals surface area (Å²) in [7, 11) is 1.61. The fourth-order valence-corrected chi connectivity index (χ4v) is 2.56. The lowest BCUT2D eigenvalue weighted by Gasteiger charge is -2.34. The summed E-state index contributed by atoms with van der Waals surface area (Å²) in [5.74, 6) is 0.810. The van der Waals surface area contributed by atoms with E-state index in [1.165, 1.54) is 0 Å². The number of methoxy groups -OCH3 is 1. The molecule has 0 unspecified atom stereocenters. The molecule has 0 amide bonds. The lowest BCUT2D eigenvalue weighted by Crippen LogP contribution is -2.44. The van der Waals surface area contributed by atoms with Gasteiger partial charge in [0.05, 0.1) is 17.7 Å². The molecule has 0 radical (unpaired) electrons. The first-order chi connectivity index (χ1) is 8.65. The average molecular weight is 271 g/mol. The molecule has 2 N–H and O–H groups in total. The second-order valence-electron chi connectivity index (χ2n) is 4.47. The molecule has 2 rings (SSSR count). The van der Waals surface area contributed by atoms with Crippen molar-refractivity contribution < 1.29 is 9.84 Å². The van der Waals surface area contributed by atoms with Crippen molar-refractivity contribution in [2.24, 2.45) is 0 Å². The molecule has 1 saturated heterocycles. The maximum absolute atomic E-state index is 10.2. The molecule has 0 aliphatic carbocycles. The third-order valence-electron chi connectivity index (χ3n) is 3.46. The SMILES string of the molecule is COc1ccc(Cl)c(O)c1[C@H](C)N1CCNCC1. The third kappa shape index (κ3) is 2.55. The van der Waals surface area contributed by atoms with Gasteiger partial charge in [0.1, 0.15) is 11.5 Å². The second-order valence-corrected chi connectivity index (χ2v) is 4.88. The third-order valence-corrected chi connectivity index (χ3v) is 3.77. The van der Waals surface area contributed by atoms with E-state index in [9.17, 15) is 5.11 Å². The molecule has 5 heteroatoms. The van der Waals surface area contributed by atoms with E-state index in [0.29, 0.717) is 10.8 Å². The van der Waals surface area contributed by atoms with Gasteiger partial charge in [-0.2, -0.15) is 0 Å². The van der Waals surface area contributed by atoms with Crippen LogP contribution in [0.2, 0.25) is 5.02 Å². The van der Waals surface area contributed by atoms with Gasteiger partial charge in [-0.05, 0) is 19.1 Å². The van der Waals surface area contributed by atoms with Crippen molar-refractivity contribution in [3.8, 4) is 11.5 Å². The maximum atomic E-state index is 10.2. The number of aromatic hydroxyl groups is 1. The van der Waals surface area contributed by atoms with E-state index in [0.717, 1.165) is 31.7 Å². The van der Waals surface area contributed by atoms with E-state index in [4.69, 9.17) is 16.3 Å². The Hall–Kier alpha value is -0.970. The van der Waals surface area contributed by atoms with Crippen LogP contribution in [0.25, 0.3) is 0 Å². The van der Waals surface area contributed by atoms with Crippen molar-refractivity contribution in [1.82, 2.24) is 10.2 Å². The van der Waals surface area contributed by atoms with Crippen LogP contribution in [-0.2, 0) is 0 Å². The maximum Gasteiger partial charge on any atom is 0.142 e. The summed E-state index contributed by atoms with van der Waals surface area (Å²) in [5, 5.41) is 13.8. The highest BCUT2D eigenvalue weighted by Gasteiger charge is 2.24. The minimum atomic E-state index is 0.0840. The van der Waals surface area contributed by atoms with E-state index in [1.807, 2.05) is 0 Å². The first-order valence-electron chi connectivity index (χ1n) is 6.15. The zero-order chi connectivity index (χ0) is 13.1. The molecule has 0 bridgehead atoms. The van der Waals surface area contributed by atoms with Crippen molar-refractivity contribution in [3.05, 3.63) is 22.7 Å². The number of ether oxygens (including phenoxy) is 1. The van der Waals surface area contributed by atoms with Gasteiger partial charge in [-0.15, -0.1) is 0 Å². The Bertz CT molecular complexity index is 420. The van der Waals surface area contributed by atoms with Crippen LogP contribution in [0.3, 0.4) is 0 Å². The summed E-state index contributed by atoms with van der Waals surface area (Å²) >= 11 is 5.99. The highest BCUT2D eigenvalue weighted by Crippen LogP contribution is 2.40. The number of halogens is 1. The number of rotatable bonds is 3. The summed E-state index contributed by atoms with van der Waals surface area (Å²) in [6.45, 7) is 5.91. The summed E-state index contributed by atoms with van der Waals surface area (Å²) in [6.07, 6.45) is 0. The standard InChI is InChI=1S/C13H19ClN2O2/c1-9(16-7-5-15-6-8-16)12-11(18-2)4-3-10(14)13(12)17/h3-4,9,15,17H,5-8H2,1-2H3/t9-/m0/s1. The fourth-order valence-electron chi connectivity index (χ4n) is 2.40. The molecule has 1 atom stereocenters. The number of hydrogen-bond acceptors (Lipinski definition) is 4. The molecule has 0 saturated carbocycles. The van der Waals surface area contributed by atoms with Gasteiger partial charge in [-0.1, -0.05) is 11.6 Å². The van der Waals surface area contributed by atoms with Gasteiger partial charge in [0.25, 0.3) is 0 Å². The zero-order valence-electron chi connectivity index (χ0n) is 10.7. The van der Waals surface area contributed by atoms with Crippen molar-refractivity contribution in [2.75, 3.05) is 33.3 Å². The van der Waals surface area contributed by atoms with Crippen molar-refractivity contribution in [2.45, 2.75) is 13.0 Å². The molecule has 1 aromatic carbocycles. The van der Waals surface area contributed by atoms with Crippen LogP contribution in [0.4, 0.5) is 0 Å². The number of nitrogens with zero attached hydrogens (tertiary/aromatic N) is 1. The Morgan fingerprint density at radius 2 is 2.06 bits per heavy atom. The molecular formula is C13H19ClN2O2. The van der Waals surface area contributed by atoms with Gasteiger partial charge >= 0.3 is 0 Å². The van der Waals surface area contributed by atoms with E-state index >= 15 is 0 Å². The summed E-state index contributed by atoms with van der Waals surface area (Å²) in [5.41, 5.74) is 0.770. The van der Waals surface area contributed by atoms with Crippen LogP contribution in [0.1, 0.15) is 18.5 Å². The predicted molar refractivity (Wildman–Crippen MR) is 72.5 cm³/mol. The van der Waals surface area contributed by atoms with Crippen LogP contribution in [0.15, 0.2) is 12.1 Å². The Morgan fingerprint density at radius 3 is 2.67 bits per heavy atom. The average Bonchev–Trinajstić information content (AvgIpc) is 2.42. The Kier molecular flexibility index (Phi) is 4.32. The Balaban J connectivity index is 2.32. The van der Waals surface area contributed by atoms with Gasteiger partial charge in [-0.3, -0.25) is 4.90 Å². The molecule has 1 aromatic rings. The molecule has 0 aromatic heterocycles. The summed E-state index contributed by atoms with van der Waals surface area (Å²) in [6, 6.07) is 3.54. The van der Waals surface area contributed by atoms with Gasteiger partial charge in [0.15, 0.2) is 0 Å². The summed E-state index contributed by atoms with van der Waals surface area (Å²) in [4.78, 5) is 2.31. The van der Waals surface area contributed by atoms with Crippen molar-refractivity contribution in [1.29, 1.82) is 0 Å². The van der Waals surface area contributed by atoms with Crippen molar-refractivity contribution in [3.63, 3.8) is 0 Å². The molecule has 1 heterocycles. The highest BCUT2D eigenvalue weighted by atomic mass is 35.5. The van der Waals surface area contributed by atoms with Crippen LogP contribution < -0.4 is 10.1 Å². The predicted octanol–water partition coefficient (Wildman–Crippen LogP) is 2.02. The van der Waals surface area contributed by atoms with Crippen LogP contribution in [-0.4, -0.2) is 43.3 Å². The quantitative estimate of drug-likeness (QED) is 0.882. The molecule has 0 spiro atoms. The molecule has 1 fully saturated rings. The molecule has 18 heavy (non-hydrogen) atoms.